The van der Waals surface area contributed by atoms with Gasteiger partial charge in [-0.1, -0.05) is 81.3 Å². The van der Waals surface area contributed by atoms with Gasteiger partial charge in [0.2, 0.25) is 0 Å². The monoisotopic (exact) mass is 333 g/mol. The number of unbranched alkanes of at least 4 members (excludes halogenated alkanes) is 8. The van der Waals surface area contributed by atoms with Crippen LogP contribution in [0.2, 0.25) is 0 Å². The van der Waals surface area contributed by atoms with Gasteiger partial charge in [0.25, 0.3) is 0 Å². The first-order valence-corrected chi connectivity index (χ1v) is 11.2. The van der Waals surface area contributed by atoms with E-state index in [4.69, 9.17) is 12.2 Å². The van der Waals surface area contributed by atoms with Crippen LogP contribution in [0.15, 0.2) is 0 Å². The van der Waals surface area contributed by atoms with Gasteiger partial charge in [-0.25, -0.2) is 0 Å². The third-order valence-corrected chi connectivity index (χ3v) is 6.95. The molecule has 0 N–H and O–H groups in total. The molecule has 1 aliphatic heterocycles. The molecular weight excluding hydrogens is 302 g/mol. The average Bonchev–Trinajstić information content (AvgIpc) is 2.99. The maximum absolute atomic E-state index is 5.45. The largest absolute Gasteiger partial charge is 0.357 e. The Morgan fingerprint density at radius 2 is 1.45 bits per heavy atom. The molecule has 1 nitrogen and oxygen atoms in total. The summed E-state index contributed by atoms with van der Waals surface area (Å²) in [6.45, 7) is 4.65. The van der Waals surface area contributed by atoms with Gasteiger partial charge in [0.05, 0.1) is 0 Å². The summed E-state index contributed by atoms with van der Waals surface area (Å²) in [7, 11) is 3.78. The number of nitrogens with zero attached hydrogens (tertiary/aromatic N) is 1. The van der Waals surface area contributed by atoms with Crippen LogP contribution in [0.4, 0.5) is 0 Å². The molecule has 0 aromatic rings. The van der Waals surface area contributed by atoms with E-state index in [1.807, 2.05) is 21.6 Å². The number of thiocarbonyl (C=S) groups is 1. The summed E-state index contributed by atoms with van der Waals surface area (Å²) in [5.74, 6) is 1.26. The van der Waals surface area contributed by atoms with Gasteiger partial charge in [-0.2, -0.15) is 0 Å². The molecule has 1 heterocycles. The average molecular weight is 334 g/mol. The lowest BCUT2D eigenvalue weighted by Gasteiger charge is -2.16. The predicted octanol–water partition coefficient (Wildman–Crippen LogP) is 6.28. The quantitative estimate of drug-likeness (QED) is 0.248. The van der Waals surface area contributed by atoms with E-state index in [1.54, 1.807) is 0 Å². The predicted molar refractivity (Wildman–Crippen MR) is 101 cm³/mol. The zero-order valence-electron chi connectivity index (χ0n) is 13.1. The van der Waals surface area contributed by atoms with Crippen LogP contribution in [0.5, 0.6) is 0 Å². The van der Waals surface area contributed by atoms with Crippen molar-refractivity contribution < 1.29 is 0 Å². The fourth-order valence-corrected chi connectivity index (χ4v) is 5.15. The first kappa shape index (κ1) is 18.6. The van der Waals surface area contributed by atoms with Crippen molar-refractivity contribution >= 4 is 38.1 Å². The molecule has 0 aromatic carbocycles. The minimum absolute atomic E-state index is 1.11. The highest BCUT2D eigenvalue weighted by molar-refractivity contribution is 8.83. The Kier molecular flexibility index (Phi) is 12.4. The molecule has 118 valence electrons. The molecule has 0 amide bonds. The Bertz CT molecular complexity index is 240. The molecule has 1 rings (SSSR count). The Hall–Kier alpha value is 0.590. The molecule has 0 aliphatic carbocycles. The highest BCUT2D eigenvalue weighted by Gasteiger charge is 2.14. The maximum Gasteiger partial charge on any atom is 0.147 e. The molecule has 0 unspecified atom stereocenters. The van der Waals surface area contributed by atoms with Crippen molar-refractivity contribution in [3.05, 3.63) is 0 Å². The van der Waals surface area contributed by atoms with E-state index in [-0.39, 0.29) is 0 Å². The van der Waals surface area contributed by atoms with E-state index in [2.05, 4.69) is 11.8 Å². The molecule has 1 saturated heterocycles. The zero-order chi connectivity index (χ0) is 14.5. The third-order valence-electron chi connectivity index (χ3n) is 3.83. The van der Waals surface area contributed by atoms with Gasteiger partial charge in [0.15, 0.2) is 0 Å². The number of hydrogen-bond donors (Lipinski definition) is 0. The summed E-state index contributed by atoms with van der Waals surface area (Å²) in [5, 5.41) is 0. The Morgan fingerprint density at radius 3 is 2.05 bits per heavy atom. The Morgan fingerprint density at radius 1 is 0.900 bits per heavy atom. The second kappa shape index (κ2) is 13.3. The van der Waals surface area contributed by atoms with E-state index < -0.39 is 0 Å². The minimum atomic E-state index is 1.11. The van der Waals surface area contributed by atoms with Gasteiger partial charge in [-0.15, -0.1) is 0 Å². The maximum atomic E-state index is 5.45. The van der Waals surface area contributed by atoms with Crippen LogP contribution in [0.1, 0.15) is 77.6 Å². The summed E-state index contributed by atoms with van der Waals surface area (Å²) in [4.78, 5) is 2.36. The summed E-state index contributed by atoms with van der Waals surface area (Å²) >= 11 is 5.45. The van der Waals surface area contributed by atoms with Crippen LogP contribution < -0.4 is 0 Å². The first-order chi connectivity index (χ1) is 9.84. The van der Waals surface area contributed by atoms with Crippen molar-refractivity contribution in [3.8, 4) is 0 Å². The lowest BCUT2D eigenvalue weighted by atomic mass is 10.1. The minimum Gasteiger partial charge on any atom is -0.357 e. The fourth-order valence-electron chi connectivity index (χ4n) is 2.52. The molecule has 0 spiro atoms. The summed E-state index contributed by atoms with van der Waals surface area (Å²) in [6.07, 6.45) is 15.4. The second-order valence-electron chi connectivity index (χ2n) is 5.69. The molecule has 0 saturated carbocycles. The van der Waals surface area contributed by atoms with Gasteiger partial charge >= 0.3 is 0 Å². The van der Waals surface area contributed by atoms with Gasteiger partial charge in [-0.3, -0.25) is 0 Å². The Balaban J connectivity index is 1.77. The van der Waals surface area contributed by atoms with Crippen LogP contribution in [0.3, 0.4) is 0 Å². The van der Waals surface area contributed by atoms with Crippen molar-refractivity contribution in [2.24, 2.45) is 0 Å². The van der Waals surface area contributed by atoms with Crippen molar-refractivity contribution in [2.45, 2.75) is 77.6 Å². The summed E-state index contributed by atoms with van der Waals surface area (Å²) in [6, 6.07) is 0. The molecular formula is C16H31NS3. The molecule has 0 atom stereocenters. The first-order valence-electron chi connectivity index (χ1n) is 8.43. The lowest BCUT2D eigenvalue weighted by molar-refractivity contribution is 0.539. The highest BCUT2D eigenvalue weighted by Crippen LogP contribution is 2.28. The fraction of sp³-hybridized carbons (Fsp3) is 0.938. The van der Waals surface area contributed by atoms with Crippen LogP contribution >= 0.6 is 33.8 Å². The van der Waals surface area contributed by atoms with Gasteiger partial charge < -0.3 is 4.90 Å². The third kappa shape index (κ3) is 9.51. The lowest BCUT2D eigenvalue weighted by Crippen LogP contribution is -2.22. The van der Waals surface area contributed by atoms with Crippen molar-refractivity contribution in [3.63, 3.8) is 0 Å². The number of rotatable bonds is 11. The normalized spacial score (nSPS) is 14.9. The molecule has 0 radical (unpaired) electrons. The van der Waals surface area contributed by atoms with Crippen LogP contribution in [0.25, 0.3) is 0 Å². The van der Waals surface area contributed by atoms with E-state index in [9.17, 15) is 0 Å². The summed E-state index contributed by atoms with van der Waals surface area (Å²) in [5.41, 5.74) is 0. The molecule has 1 aliphatic rings. The van der Waals surface area contributed by atoms with Crippen LogP contribution in [0, 0.1) is 0 Å². The molecule has 4 heteroatoms. The zero-order valence-corrected chi connectivity index (χ0v) is 15.5. The van der Waals surface area contributed by atoms with E-state index in [0.717, 1.165) is 4.32 Å². The van der Waals surface area contributed by atoms with Gasteiger partial charge in [-0.05, 0) is 30.1 Å². The van der Waals surface area contributed by atoms with E-state index >= 15 is 0 Å². The van der Waals surface area contributed by atoms with Crippen LogP contribution in [-0.4, -0.2) is 28.1 Å². The van der Waals surface area contributed by atoms with Gasteiger partial charge in [0, 0.05) is 18.8 Å². The SMILES string of the molecule is CCCCCCCCCCCSSC(=S)N1CCCC1. The second-order valence-corrected chi connectivity index (χ2v) is 8.74. The van der Waals surface area contributed by atoms with Gasteiger partial charge in [0.1, 0.15) is 4.32 Å². The molecule has 0 aromatic heterocycles. The molecule has 0 bridgehead atoms. The van der Waals surface area contributed by atoms with Crippen LogP contribution in [-0.2, 0) is 0 Å². The standard InChI is InChI=1S/C16H31NS3/c1-2-3-4-5-6-7-8-9-12-15-19-20-16(18)17-13-10-11-14-17/h2-15H2,1H3. The van der Waals surface area contributed by atoms with E-state index in [1.165, 1.54) is 89.5 Å². The molecule has 20 heavy (non-hydrogen) atoms. The summed E-state index contributed by atoms with van der Waals surface area (Å²) < 4.78 is 1.11. The van der Waals surface area contributed by atoms with E-state index in [0.29, 0.717) is 0 Å². The van der Waals surface area contributed by atoms with Crippen molar-refractivity contribution in [1.82, 2.24) is 4.90 Å². The van der Waals surface area contributed by atoms with Crippen molar-refractivity contribution in [1.29, 1.82) is 0 Å². The number of likely N-dealkylation sites (tertiary alicyclic amines) is 1. The highest BCUT2D eigenvalue weighted by atomic mass is 33.1. The topological polar surface area (TPSA) is 3.24 Å². The number of hydrogen-bond acceptors (Lipinski definition) is 3. The van der Waals surface area contributed by atoms with Crippen molar-refractivity contribution in [2.75, 3.05) is 18.8 Å². The Labute approximate surface area is 139 Å². The smallest absolute Gasteiger partial charge is 0.147 e. The molecule has 1 fully saturated rings.